The van der Waals surface area contributed by atoms with E-state index >= 15 is 0 Å². The SMILES string of the molecule is CCC1(C(=O)N2CCNCC2)CCNCC1. The molecule has 4 heteroatoms. The standard InChI is InChI=1S/C12H23N3O/c1-2-12(3-5-13-6-4-12)11(16)15-9-7-14-8-10-15/h13-14H,2-10H2,1H3. The van der Waals surface area contributed by atoms with Gasteiger partial charge in [-0.3, -0.25) is 4.79 Å². The topological polar surface area (TPSA) is 44.4 Å². The van der Waals surface area contributed by atoms with Crippen LogP contribution >= 0.6 is 0 Å². The third kappa shape index (κ3) is 2.23. The van der Waals surface area contributed by atoms with Crippen molar-refractivity contribution < 1.29 is 4.79 Å². The lowest BCUT2D eigenvalue weighted by atomic mass is 9.75. The smallest absolute Gasteiger partial charge is 0.228 e. The summed E-state index contributed by atoms with van der Waals surface area (Å²) in [6.45, 7) is 7.80. The van der Waals surface area contributed by atoms with Gasteiger partial charge in [-0.05, 0) is 32.4 Å². The summed E-state index contributed by atoms with van der Waals surface area (Å²) >= 11 is 0. The van der Waals surface area contributed by atoms with Gasteiger partial charge in [0.2, 0.25) is 5.91 Å². The number of carbonyl (C=O) groups is 1. The quantitative estimate of drug-likeness (QED) is 0.705. The van der Waals surface area contributed by atoms with Crippen molar-refractivity contribution in [2.24, 2.45) is 5.41 Å². The number of hydrogen-bond acceptors (Lipinski definition) is 3. The second kappa shape index (κ2) is 5.15. The van der Waals surface area contributed by atoms with Crippen molar-refractivity contribution in [1.82, 2.24) is 15.5 Å². The first-order valence-electron chi connectivity index (χ1n) is 6.49. The maximum Gasteiger partial charge on any atom is 0.228 e. The van der Waals surface area contributed by atoms with E-state index in [1.807, 2.05) is 0 Å². The third-order valence-corrected chi connectivity index (χ3v) is 4.10. The van der Waals surface area contributed by atoms with Crippen LogP contribution in [0.2, 0.25) is 0 Å². The van der Waals surface area contributed by atoms with E-state index in [1.54, 1.807) is 0 Å². The van der Waals surface area contributed by atoms with Gasteiger partial charge in [0, 0.05) is 26.2 Å². The van der Waals surface area contributed by atoms with Gasteiger partial charge in [-0.2, -0.15) is 0 Å². The lowest BCUT2D eigenvalue weighted by Crippen LogP contribution is -2.54. The molecule has 2 fully saturated rings. The summed E-state index contributed by atoms with van der Waals surface area (Å²) in [7, 11) is 0. The van der Waals surface area contributed by atoms with Crippen molar-refractivity contribution in [1.29, 1.82) is 0 Å². The van der Waals surface area contributed by atoms with Gasteiger partial charge >= 0.3 is 0 Å². The molecule has 16 heavy (non-hydrogen) atoms. The number of carbonyl (C=O) groups excluding carboxylic acids is 1. The summed E-state index contributed by atoms with van der Waals surface area (Å²) in [4.78, 5) is 14.6. The van der Waals surface area contributed by atoms with Crippen LogP contribution in [0, 0.1) is 5.41 Å². The van der Waals surface area contributed by atoms with Crippen LogP contribution in [0.1, 0.15) is 26.2 Å². The molecule has 0 aliphatic carbocycles. The molecule has 0 saturated carbocycles. The normalized spacial score (nSPS) is 25.4. The Balaban J connectivity index is 2.04. The number of hydrogen-bond donors (Lipinski definition) is 2. The number of nitrogens with one attached hydrogen (secondary N) is 2. The van der Waals surface area contributed by atoms with E-state index in [4.69, 9.17) is 0 Å². The maximum atomic E-state index is 12.6. The number of nitrogens with zero attached hydrogens (tertiary/aromatic N) is 1. The molecule has 0 spiro atoms. The van der Waals surface area contributed by atoms with Gasteiger partial charge < -0.3 is 15.5 Å². The molecule has 2 saturated heterocycles. The van der Waals surface area contributed by atoms with Gasteiger partial charge in [-0.25, -0.2) is 0 Å². The highest BCUT2D eigenvalue weighted by Gasteiger charge is 2.40. The fourth-order valence-corrected chi connectivity index (χ4v) is 2.83. The number of rotatable bonds is 2. The van der Waals surface area contributed by atoms with Gasteiger partial charge in [0.1, 0.15) is 0 Å². The highest BCUT2D eigenvalue weighted by Crippen LogP contribution is 2.34. The van der Waals surface area contributed by atoms with Crippen molar-refractivity contribution in [3.05, 3.63) is 0 Å². The molecule has 0 atom stereocenters. The average molecular weight is 225 g/mol. The van der Waals surface area contributed by atoms with Gasteiger partial charge in [0.05, 0.1) is 5.41 Å². The lowest BCUT2D eigenvalue weighted by Gasteiger charge is -2.40. The van der Waals surface area contributed by atoms with Gasteiger partial charge in [-0.1, -0.05) is 6.92 Å². The van der Waals surface area contributed by atoms with Crippen LogP contribution in [0.4, 0.5) is 0 Å². The Morgan fingerprint density at radius 3 is 2.25 bits per heavy atom. The number of piperidine rings is 1. The minimum atomic E-state index is -0.0669. The van der Waals surface area contributed by atoms with Gasteiger partial charge in [-0.15, -0.1) is 0 Å². The van der Waals surface area contributed by atoms with Crippen LogP contribution in [0.25, 0.3) is 0 Å². The van der Waals surface area contributed by atoms with E-state index in [-0.39, 0.29) is 5.41 Å². The first-order chi connectivity index (χ1) is 7.78. The van der Waals surface area contributed by atoms with E-state index in [1.165, 1.54) is 0 Å². The summed E-state index contributed by atoms with van der Waals surface area (Å²) in [6, 6.07) is 0. The van der Waals surface area contributed by atoms with Crippen molar-refractivity contribution in [2.75, 3.05) is 39.3 Å². The van der Waals surface area contributed by atoms with E-state index in [0.717, 1.165) is 58.5 Å². The largest absolute Gasteiger partial charge is 0.340 e. The third-order valence-electron chi connectivity index (χ3n) is 4.10. The second-order valence-electron chi connectivity index (χ2n) is 4.93. The Morgan fingerprint density at radius 1 is 1.12 bits per heavy atom. The monoisotopic (exact) mass is 225 g/mol. The molecule has 0 radical (unpaired) electrons. The van der Waals surface area contributed by atoms with Crippen LogP contribution in [-0.2, 0) is 4.79 Å². The van der Waals surface area contributed by atoms with Crippen LogP contribution in [0.15, 0.2) is 0 Å². The van der Waals surface area contributed by atoms with Crippen molar-refractivity contribution in [3.63, 3.8) is 0 Å². The zero-order valence-electron chi connectivity index (χ0n) is 10.2. The Hall–Kier alpha value is -0.610. The molecule has 1 amide bonds. The molecule has 2 aliphatic rings. The fraction of sp³-hybridized carbons (Fsp3) is 0.917. The summed E-state index contributed by atoms with van der Waals surface area (Å²) in [5, 5.41) is 6.65. The first-order valence-corrected chi connectivity index (χ1v) is 6.49. The number of piperazine rings is 1. The Morgan fingerprint density at radius 2 is 1.69 bits per heavy atom. The molecule has 92 valence electrons. The fourth-order valence-electron chi connectivity index (χ4n) is 2.83. The lowest BCUT2D eigenvalue weighted by molar-refractivity contribution is -0.144. The molecule has 4 nitrogen and oxygen atoms in total. The van der Waals surface area contributed by atoms with Gasteiger partial charge in [0.15, 0.2) is 0 Å². The van der Waals surface area contributed by atoms with E-state index < -0.39 is 0 Å². The van der Waals surface area contributed by atoms with Crippen molar-refractivity contribution in [3.8, 4) is 0 Å². The predicted octanol–water partition coefficient (Wildman–Crippen LogP) is 0.198. The predicted molar refractivity (Wildman–Crippen MR) is 64.3 cm³/mol. The van der Waals surface area contributed by atoms with E-state index in [2.05, 4.69) is 22.5 Å². The Kier molecular flexibility index (Phi) is 3.82. The molecule has 2 heterocycles. The Bertz CT molecular complexity index is 243. The molecule has 2 N–H and O–H groups in total. The summed E-state index contributed by atoms with van der Waals surface area (Å²) in [5.41, 5.74) is -0.0669. The molecule has 0 aromatic carbocycles. The molecular formula is C12H23N3O. The molecule has 0 aromatic heterocycles. The van der Waals surface area contributed by atoms with Gasteiger partial charge in [0.25, 0.3) is 0 Å². The van der Waals surface area contributed by atoms with Crippen molar-refractivity contribution >= 4 is 5.91 Å². The minimum Gasteiger partial charge on any atom is -0.340 e. The van der Waals surface area contributed by atoms with E-state index in [9.17, 15) is 4.79 Å². The zero-order valence-corrected chi connectivity index (χ0v) is 10.2. The molecule has 0 aromatic rings. The highest BCUT2D eigenvalue weighted by atomic mass is 16.2. The first kappa shape index (κ1) is 11.9. The minimum absolute atomic E-state index is 0.0669. The molecule has 0 unspecified atom stereocenters. The summed E-state index contributed by atoms with van der Waals surface area (Å²) in [6.07, 6.45) is 3.00. The molecular weight excluding hydrogens is 202 g/mol. The van der Waals surface area contributed by atoms with Crippen LogP contribution < -0.4 is 10.6 Å². The van der Waals surface area contributed by atoms with E-state index in [0.29, 0.717) is 5.91 Å². The average Bonchev–Trinajstić information content (AvgIpc) is 2.39. The zero-order chi connectivity index (χ0) is 11.4. The maximum absolute atomic E-state index is 12.6. The molecule has 0 bridgehead atoms. The summed E-state index contributed by atoms with van der Waals surface area (Å²) in [5.74, 6) is 0.401. The molecule has 2 rings (SSSR count). The van der Waals surface area contributed by atoms with Crippen LogP contribution in [0.5, 0.6) is 0 Å². The second-order valence-corrected chi connectivity index (χ2v) is 4.93. The summed E-state index contributed by atoms with van der Waals surface area (Å²) < 4.78 is 0. The molecule has 2 aliphatic heterocycles. The highest BCUT2D eigenvalue weighted by molar-refractivity contribution is 5.83. The van der Waals surface area contributed by atoms with Crippen LogP contribution in [-0.4, -0.2) is 50.1 Å². The Labute approximate surface area is 97.8 Å². The van der Waals surface area contributed by atoms with Crippen LogP contribution in [0.3, 0.4) is 0 Å². The van der Waals surface area contributed by atoms with Crippen molar-refractivity contribution in [2.45, 2.75) is 26.2 Å². The number of amides is 1.